The Bertz CT molecular complexity index is 492. The fourth-order valence-electron chi connectivity index (χ4n) is 1.65. The quantitative estimate of drug-likeness (QED) is 0.769. The summed E-state index contributed by atoms with van der Waals surface area (Å²) < 4.78 is 1.93. The van der Waals surface area contributed by atoms with Crippen molar-refractivity contribution in [2.45, 2.75) is 19.8 Å². The maximum Gasteiger partial charge on any atom is 0.158 e. The molecule has 0 atom stereocenters. The number of aromatic nitrogens is 4. The van der Waals surface area contributed by atoms with Crippen molar-refractivity contribution < 1.29 is 0 Å². The minimum Gasteiger partial charge on any atom is -0.333 e. The Labute approximate surface area is 99.3 Å². The molecular formula is C11H13ClN4. The fraction of sp³-hybridized carbons (Fsp3) is 0.364. The summed E-state index contributed by atoms with van der Waals surface area (Å²) in [5.74, 6) is 0.827. The lowest BCUT2D eigenvalue weighted by Gasteiger charge is -2.08. The highest BCUT2D eigenvalue weighted by molar-refractivity contribution is 6.30. The van der Waals surface area contributed by atoms with Crippen LogP contribution in [0.5, 0.6) is 0 Å². The van der Waals surface area contributed by atoms with Crippen molar-refractivity contribution in [2.24, 2.45) is 7.05 Å². The van der Waals surface area contributed by atoms with E-state index in [2.05, 4.69) is 21.9 Å². The van der Waals surface area contributed by atoms with Gasteiger partial charge in [-0.05, 0) is 6.42 Å². The lowest BCUT2D eigenvalue weighted by Crippen LogP contribution is -2.01. The van der Waals surface area contributed by atoms with Gasteiger partial charge in [-0.1, -0.05) is 24.9 Å². The molecule has 0 aliphatic carbocycles. The highest BCUT2D eigenvalue weighted by Gasteiger charge is 2.14. The third-order valence-corrected chi connectivity index (χ3v) is 2.75. The first kappa shape index (κ1) is 11.1. The number of imidazole rings is 1. The van der Waals surface area contributed by atoms with Crippen LogP contribution in [0.1, 0.15) is 18.9 Å². The molecule has 84 valence electrons. The van der Waals surface area contributed by atoms with Gasteiger partial charge in [0.2, 0.25) is 0 Å². The summed E-state index contributed by atoms with van der Waals surface area (Å²) in [7, 11) is 1.94. The van der Waals surface area contributed by atoms with Gasteiger partial charge in [0.05, 0.1) is 0 Å². The number of hydrogen-bond acceptors (Lipinski definition) is 3. The smallest absolute Gasteiger partial charge is 0.158 e. The van der Waals surface area contributed by atoms with Crippen molar-refractivity contribution >= 4 is 11.6 Å². The average Bonchev–Trinajstić information content (AvgIpc) is 2.68. The third kappa shape index (κ3) is 1.93. The molecule has 0 saturated carbocycles. The van der Waals surface area contributed by atoms with Crippen LogP contribution in [-0.2, 0) is 13.5 Å². The van der Waals surface area contributed by atoms with E-state index in [0.29, 0.717) is 5.15 Å². The van der Waals surface area contributed by atoms with E-state index in [-0.39, 0.29) is 0 Å². The molecule has 2 rings (SSSR count). The lowest BCUT2D eigenvalue weighted by molar-refractivity contribution is 0.877. The van der Waals surface area contributed by atoms with Gasteiger partial charge in [0.15, 0.2) is 5.82 Å². The van der Waals surface area contributed by atoms with Crippen molar-refractivity contribution in [3.05, 3.63) is 29.4 Å². The molecule has 0 amide bonds. The topological polar surface area (TPSA) is 43.6 Å². The molecule has 2 aromatic heterocycles. The van der Waals surface area contributed by atoms with Gasteiger partial charge < -0.3 is 4.57 Å². The second kappa shape index (κ2) is 4.61. The fourth-order valence-corrected chi connectivity index (χ4v) is 1.88. The second-order valence-electron chi connectivity index (χ2n) is 3.60. The number of aryl methyl sites for hydroxylation is 1. The molecule has 2 heterocycles. The van der Waals surface area contributed by atoms with Crippen LogP contribution in [-0.4, -0.2) is 19.5 Å². The number of halogens is 1. The summed E-state index contributed by atoms with van der Waals surface area (Å²) in [5.41, 5.74) is 1.80. The monoisotopic (exact) mass is 236 g/mol. The van der Waals surface area contributed by atoms with Crippen molar-refractivity contribution in [1.29, 1.82) is 0 Å². The molecule has 0 N–H and O–H groups in total. The molecule has 5 heteroatoms. The minimum absolute atomic E-state index is 0.523. The second-order valence-corrected chi connectivity index (χ2v) is 3.96. The van der Waals surface area contributed by atoms with E-state index in [0.717, 1.165) is 29.9 Å². The van der Waals surface area contributed by atoms with Crippen LogP contribution >= 0.6 is 11.6 Å². The molecule has 0 fully saturated rings. The van der Waals surface area contributed by atoms with Crippen molar-refractivity contribution in [1.82, 2.24) is 19.5 Å². The first-order valence-electron chi connectivity index (χ1n) is 5.21. The van der Waals surface area contributed by atoms with Gasteiger partial charge in [-0.3, -0.25) is 0 Å². The summed E-state index contributed by atoms with van der Waals surface area (Å²) in [6, 6.07) is 0. The van der Waals surface area contributed by atoms with E-state index in [9.17, 15) is 0 Å². The van der Waals surface area contributed by atoms with E-state index in [1.165, 1.54) is 6.33 Å². The Hall–Kier alpha value is -1.42. The zero-order valence-corrected chi connectivity index (χ0v) is 10.1. The summed E-state index contributed by atoms with van der Waals surface area (Å²) >= 11 is 6.09. The highest BCUT2D eigenvalue weighted by atomic mass is 35.5. The molecular weight excluding hydrogens is 224 g/mol. The Morgan fingerprint density at radius 2 is 2.12 bits per heavy atom. The van der Waals surface area contributed by atoms with Crippen molar-refractivity contribution in [2.75, 3.05) is 0 Å². The van der Waals surface area contributed by atoms with Gasteiger partial charge >= 0.3 is 0 Å². The molecule has 0 saturated heterocycles. The van der Waals surface area contributed by atoms with Crippen molar-refractivity contribution in [3.63, 3.8) is 0 Å². The van der Waals surface area contributed by atoms with Crippen LogP contribution in [0.4, 0.5) is 0 Å². The Balaban J connectivity index is 2.56. The number of rotatable bonds is 3. The summed E-state index contributed by atoms with van der Waals surface area (Å²) in [6.07, 6.45) is 6.99. The molecule has 2 aromatic rings. The molecule has 0 unspecified atom stereocenters. The predicted molar refractivity (Wildman–Crippen MR) is 63.2 cm³/mol. The van der Waals surface area contributed by atoms with Crippen LogP contribution in [0, 0.1) is 0 Å². The van der Waals surface area contributed by atoms with Crippen LogP contribution in [0.2, 0.25) is 5.15 Å². The zero-order valence-electron chi connectivity index (χ0n) is 9.31. The van der Waals surface area contributed by atoms with Gasteiger partial charge in [-0.2, -0.15) is 0 Å². The standard InChI is InChI=1S/C11H13ClN4/c1-3-4-8-9(14-7-15-10(8)12)11-13-5-6-16(11)2/h5-7H,3-4H2,1-2H3. The molecule has 0 aliphatic rings. The summed E-state index contributed by atoms with van der Waals surface area (Å²) in [5, 5.41) is 0.523. The zero-order chi connectivity index (χ0) is 11.5. The van der Waals surface area contributed by atoms with Crippen LogP contribution in [0.25, 0.3) is 11.5 Å². The molecule has 0 radical (unpaired) electrons. The average molecular weight is 237 g/mol. The van der Waals surface area contributed by atoms with Crippen LogP contribution < -0.4 is 0 Å². The lowest BCUT2D eigenvalue weighted by atomic mass is 10.1. The Morgan fingerprint density at radius 3 is 2.75 bits per heavy atom. The van der Waals surface area contributed by atoms with Crippen LogP contribution in [0.15, 0.2) is 18.7 Å². The molecule has 4 nitrogen and oxygen atoms in total. The van der Waals surface area contributed by atoms with E-state index in [1.54, 1.807) is 6.20 Å². The number of nitrogens with zero attached hydrogens (tertiary/aromatic N) is 4. The summed E-state index contributed by atoms with van der Waals surface area (Å²) in [6.45, 7) is 2.10. The number of hydrogen-bond donors (Lipinski definition) is 0. The Morgan fingerprint density at radius 1 is 1.31 bits per heavy atom. The van der Waals surface area contributed by atoms with E-state index in [1.807, 2.05) is 17.8 Å². The van der Waals surface area contributed by atoms with Gasteiger partial charge in [0, 0.05) is 25.0 Å². The normalized spacial score (nSPS) is 10.7. The predicted octanol–water partition coefficient (Wildman–Crippen LogP) is 2.48. The van der Waals surface area contributed by atoms with Crippen LogP contribution in [0.3, 0.4) is 0 Å². The summed E-state index contributed by atoms with van der Waals surface area (Å²) in [4.78, 5) is 12.6. The van der Waals surface area contributed by atoms with Crippen molar-refractivity contribution in [3.8, 4) is 11.5 Å². The first-order chi connectivity index (χ1) is 7.74. The SMILES string of the molecule is CCCc1c(Cl)ncnc1-c1nccn1C. The van der Waals surface area contributed by atoms with Gasteiger partial charge in [0.25, 0.3) is 0 Å². The van der Waals surface area contributed by atoms with Gasteiger partial charge in [0.1, 0.15) is 17.2 Å². The van der Waals surface area contributed by atoms with Gasteiger partial charge in [-0.15, -0.1) is 0 Å². The molecule has 16 heavy (non-hydrogen) atoms. The molecule has 0 bridgehead atoms. The third-order valence-electron chi connectivity index (χ3n) is 2.43. The molecule has 0 aliphatic heterocycles. The molecule has 0 aromatic carbocycles. The highest BCUT2D eigenvalue weighted by Crippen LogP contribution is 2.24. The van der Waals surface area contributed by atoms with E-state index >= 15 is 0 Å². The maximum atomic E-state index is 6.09. The molecule has 0 spiro atoms. The maximum absolute atomic E-state index is 6.09. The largest absolute Gasteiger partial charge is 0.333 e. The van der Waals surface area contributed by atoms with E-state index < -0.39 is 0 Å². The minimum atomic E-state index is 0.523. The Kier molecular flexibility index (Phi) is 3.19. The van der Waals surface area contributed by atoms with E-state index in [4.69, 9.17) is 11.6 Å². The van der Waals surface area contributed by atoms with Gasteiger partial charge in [-0.25, -0.2) is 15.0 Å². The first-order valence-corrected chi connectivity index (χ1v) is 5.59.